The monoisotopic (exact) mass is 286 g/mol. The maximum atomic E-state index is 13.2. The van der Waals surface area contributed by atoms with Gasteiger partial charge in [-0.25, -0.2) is 4.39 Å². The third kappa shape index (κ3) is 3.68. The van der Waals surface area contributed by atoms with Gasteiger partial charge in [-0.3, -0.25) is 0 Å². The molecule has 1 saturated carbocycles. The summed E-state index contributed by atoms with van der Waals surface area (Å²) in [6.07, 6.45) is 4.51. The van der Waals surface area contributed by atoms with E-state index >= 15 is 0 Å². The number of aliphatic hydroxyl groups is 2. The van der Waals surface area contributed by atoms with Crippen molar-refractivity contribution in [1.82, 2.24) is 0 Å². The van der Waals surface area contributed by atoms with Crippen LogP contribution >= 0.6 is 11.6 Å². The summed E-state index contributed by atoms with van der Waals surface area (Å²) in [5.41, 5.74) is -0.515. The number of hydrogen-bond acceptors (Lipinski definition) is 2. The van der Waals surface area contributed by atoms with Crippen LogP contribution in [0.4, 0.5) is 4.39 Å². The summed E-state index contributed by atoms with van der Waals surface area (Å²) in [5, 5.41) is 21.3. The lowest BCUT2D eigenvalue weighted by Gasteiger charge is -2.32. The first-order valence-electron chi connectivity index (χ1n) is 6.86. The highest BCUT2D eigenvalue weighted by atomic mass is 35.5. The molecule has 2 N–H and O–H groups in total. The van der Waals surface area contributed by atoms with Gasteiger partial charge in [-0.2, -0.15) is 0 Å². The standard InChI is InChI=1S/C15H20ClFO2/c16-13-6-5-12(17)9-11(13)10-14(18)15(19)7-3-1-2-4-8-15/h5-6,9,14,18-19H,1-4,7-8,10H2. The van der Waals surface area contributed by atoms with Crippen molar-refractivity contribution in [2.45, 2.75) is 56.7 Å². The molecule has 0 aliphatic heterocycles. The maximum absolute atomic E-state index is 13.2. The number of hydrogen-bond donors (Lipinski definition) is 2. The second-order valence-corrected chi connectivity index (χ2v) is 5.88. The molecule has 2 nitrogen and oxygen atoms in total. The topological polar surface area (TPSA) is 40.5 Å². The van der Waals surface area contributed by atoms with Crippen LogP contribution in [0.25, 0.3) is 0 Å². The van der Waals surface area contributed by atoms with Crippen molar-refractivity contribution in [2.24, 2.45) is 0 Å². The van der Waals surface area contributed by atoms with E-state index in [1.165, 1.54) is 18.2 Å². The summed E-state index contributed by atoms with van der Waals surface area (Å²) in [4.78, 5) is 0. The summed E-state index contributed by atoms with van der Waals surface area (Å²) in [6, 6.07) is 4.10. The average molecular weight is 287 g/mol. The minimum Gasteiger partial charge on any atom is -0.390 e. The van der Waals surface area contributed by atoms with Crippen LogP contribution in [0.1, 0.15) is 44.1 Å². The second-order valence-electron chi connectivity index (χ2n) is 5.47. The van der Waals surface area contributed by atoms with Gasteiger partial charge in [-0.1, -0.05) is 37.3 Å². The Morgan fingerprint density at radius 3 is 2.47 bits per heavy atom. The average Bonchev–Trinajstić information content (AvgIpc) is 2.60. The molecule has 19 heavy (non-hydrogen) atoms. The fourth-order valence-electron chi connectivity index (χ4n) is 2.77. The molecule has 1 aliphatic rings. The summed E-state index contributed by atoms with van der Waals surface area (Å²) < 4.78 is 13.2. The van der Waals surface area contributed by atoms with Crippen LogP contribution in [-0.2, 0) is 6.42 Å². The molecular weight excluding hydrogens is 267 g/mol. The molecule has 0 bridgehead atoms. The van der Waals surface area contributed by atoms with E-state index in [0.717, 1.165) is 25.7 Å². The van der Waals surface area contributed by atoms with Gasteiger partial charge >= 0.3 is 0 Å². The van der Waals surface area contributed by atoms with Gasteiger partial charge in [0.2, 0.25) is 0 Å². The van der Waals surface area contributed by atoms with Gasteiger partial charge in [-0.15, -0.1) is 0 Å². The molecule has 1 fully saturated rings. The van der Waals surface area contributed by atoms with Gasteiger partial charge in [0.05, 0.1) is 11.7 Å². The van der Waals surface area contributed by atoms with Crippen molar-refractivity contribution in [1.29, 1.82) is 0 Å². The highest BCUT2D eigenvalue weighted by molar-refractivity contribution is 6.31. The molecule has 0 heterocycles. The van der Waals surface area contributed by atoms with Gasteiger partial charge in [0.1, 0.15) is 5.82 Å². The molecule has 1 atom stereocenters. The minimum absolute atomic E-state index is 0.188. The molecule has 0 spiro atoms. The molecule has 106 valence electrons. The summed E-state index contributed by atoms with van der Waals surface area (Å²) in [7, 11) is 0. The molecule has 1 aromatic rings. The summed E-state index contributed by atoms with van der Waals surface area (Å²) in [5.74, 6) is -0.376. The quantitative estimate of drug-likeness (QED) is 0.836. The molecule has 1 unspecified atom stereocenters. The first kappa shape index (κ1) is 14.8. The molecule has 0 radical (unpaired) electrons. The van der Waals surface area contributed by atoms with E-state index in [-0.39, 0.29) is 12.2 Å². The van der Waals surface area contributed by atoms with Crippen molar-refractivity contribution in [3.63, 3.8) is 0 Å². The third-order valence-corrected chi connectivity index (χ3v) is 4.38. The van der Waals surface area contributed by atoms with Crippen molar-refractivity contribution < 1.29 is 14.6 Å². The molecule has 1 aromatic carbocycles. The van der Waals surface area contributed by atoms with E-state index in [2.05, 4.69) is 0 Å². The lowest BCUT2D eigenvalue weighted by atomic mass is 9.85. The lowest BCUT2D eigenvalue weighted by molar-refractivity contribution is -0.0836. The number of halogens is 2. The van der Waals surface area contributed by atoms with Gasteiger partial charge < -0.3 is 10.2 Å². The largest absolute Gasteiger partial charge is 0.390 e. The van der Waals surface area contributed by atoms with Crippen LogP contribution in [0.15, 0.2) is 18.2 Å². The van der Waals surface area contributed by atoms with Crippen LogP contribution < -0.4 is 0 Å². The molecular formula is C15H20ClFO2. The Bertz CT molecular complexity index is 428. The SMILES string of the molecule is OC(Cc1cc(F)ccc1Cl)C1(O)CCCCCC1. The molecule has 0 amide bonds. The van der Waals surface area contributed by atoms with Crippen molar-refractivity contribution >= 4 is 11.6 Å². The van der Waals surface area contributed by atoms with Crippen LogP contribution in [-0.4, -0.2) is 21.9 Å². The Hall–Kier alpha value is -0.640. The first-order chi connectivity index (χ1) is 9.01. The zero-order valence-corrected chi connectivity index (χ0v) is 11.7. The van der Waals surface area contributed by atoms with Crippen molar-refractivity contribution in [3.05, 3.63) is 34.6 Å². The normalized spacial score (nSPS) is 20.8. The predicted molar refractivity (Wildman–Crippen MR) is 73.8 cm³/mol. The van der Waals surface area contributed by atoms with Gasteiger partial charge in [-0.05, 0) is 36.6 Å². The van der Waals surface area contributed by atoms with Crippen LogP contribution in [0.2, 0.25) is 5.02 Å². The van der Waals surface area contributed by atoms with Gasteiger partial charge in [0.15, 0.2) is 0 Å². The van der Waals surface area contributed by atoms with Crippen molar-refractivity contribution in [2.75, 3.05) is 0 Å². The fraction of sp³-hybridized carbons (Fsp3) is 0.600. The Labute approximate surface area is 118 Å². The Kier molecular flexibility index (Phi) is 4.82. The van der Waals surface area contributed by atoms with E-state index in [4.69, 9.17) is 11.6 Å². The summed E-state index contributed by atoms with van der Waals surface area (Å²) in [6.45, 7) is 0. The zero-order chi connectivity index (χ0) is 13.9. The van der Waals surface area contributed by atoms with Gasteiger partial charge in [0, 0.05) is 11.4 Å². The number of benzene rings is 1. The Balaban J connectivity index is 2.10. The third-order valence-electron chi connectivity index (χ3n) is 4.01. The van der Waals surface area contributed by atoms with Crippen LogP contribution in [0.3, 0.4) is 0 Å². The first-order valence-corrected chi connectivity index (χ1v) is 7.23. The zero-order valence-electron chi connectivity index (χ0n) is 10.9. The fourth-order valence-corrected chi connectivity index (χ4v) is 2.97. The molecule has 4 heteroatoms. The smallest absolute Gasteiger partial charge is 0.123 e. The van der Waals surface area contributed by atoms with Crippen molar-refractivity contribution in [3.8, 4) is 0 Å². The van der Waals surface area contributed by atoms with Crippen LogP contribution in [0.5, 0.6) is 0 Å². The van der Waals surface area contributed by atoms with Crippen LogP contribution in [0, 0.1) is 5.82 Å². The van der Waals surface area contributed by atoms with E-state index in [0.29, 0.717) is 23.4 Å². The Morgan fingerprint density at radius 1 is 1.21 bits per heavy atom. The van der Waals surface area contributed by atoms with E-state index < -0.39 is 11.7 Å². The second kappa shape index (κ2) is 6.21. The summed E-state index contributed by atoms with van der Waals surface area (Å²) >= 11 is 6.00. The molecule has 0 aromatic heterocycles. The molecule has 0 saturated heterocycles. The number of rotatable bonds is 3. The number of aliphatic hydroxyl groups excluding tert-OH is 1. The minimum atomic E-state index is -1.06. The lowest BCUT2D eigenvalue weighted by Crippen LogP contribution is -2.43. The van der Waals surface area contributed by atoms with E-state index in [1.54, 1.807) is 0 Å². The molecule has 1 aliphatic carbocycles. The Morgan fingerprint density at radius 2 is 1.84 bits per heavy atom. The van der Waals surface area contributed by atoms with E-state index in [9.17, 15) is 14.6 Å². The highest BCUT2D eigenvalue weighted by Crippen LogP contribution is 2.32. The predicted octanol–water partition coefficient (Wildman–Crippen LogP) is 3.47. The highest BCUT2D eigenvalue weighted by Gasteiger charge is 2.36. The maximum Gasteiger partial charge on any atom is 0.123 e. The molecule has 2 rings (SSSR count). The van der Waals surface area contributed by atoms with Gasteiger partial charge in [0.25, 0.3) is 0 Å². The van der Waals surface area contributed by atoms with E-state index in [1.807, 2.05) is 0 Å².